The van der Waals surface area contributed by atoms with E-state index in [9.17, 15) is 17.6 Å². The molecule has 3 aromatic heterocycles. The Kier molecular flexibility index (Phi) is 6.49. The molecule has 2 aliphatic rings. The summed E-state index contributed by atoms with van der Waals surface area (Å²) >= 11 is 0. The van der Waals surface area contributed by atoms with Crippen LogP contribution in [0.1, 0.15) is 12.8 Å². The summed E-state index contributed by atoms with van der Waals surface area (Å²) in [7, 11) is 1.33. The predicted molar refractivity (Wildman–Crippen MR) is 130 cm³/mol. The lowest BCUT2D eigenvalue weighted by Crippen LogP contribution is -2.61. The zero-order chi connectivity index (χ0) is 27.3. The summed E-state index contributed by atoms with van der Waals surface area (Å²) in [5, 5.41) is 14.9. The van der Waals surface area contributed by atoms with Gasteiger partial charge in [-0.2, -0.15) is 4.98 Å². The molecule has 2 fully saturated rings. The summed E-state index contributed by atoms with van der Waals surface area (Å²) in [6.45, 7) is 0.901. The number of aryl methyl sites for hydroxylation is 1. The summed E-state index contributed by atoms with van der Waals surface area (Å²) in [5.74, 6) is -3.87. The average molecular weight is 553 g/mol. The number of methoxy groups -OCH3 is 1. The van der Waals surface area contributed by atoms with E-state index in [4.69, 9.17) is 9.47 Å². The third-order valence-electron chi connectivity index (χ3n) is 7.18. The van der Waals surface area contributed by atoms with Crippen molar-refractivity contribution in [3.05, 3.63) is 30.2 Å². The molecule has 0 saturated carbocycles. The third-order valence-corrected chi connectivity index (χ3v) is 7.18. The number of halogens is 5. The van der Waals surface area contributed by atoms with E-state index in [2.05, 4.69) is 25.7 Å². The Labute approximate surface area is 218 Å². The Morgan fingerprint density at radius 1 is 1.26 bits per heavy atom. The molecule has 0 aliphatic carbocycles. The van der Waals surface area contributed by atoms with Gasteiger partial charge in [0.1, 0.15) is 11.0 Å². The SMILES string of the molecule is COc1nc(NC2CCN(C3COC3)CC2(F)F)nn2cc(F)c(-c3ccc4nnn(CCC(F)F)c4c3)c12. The molecule has 0 bridgehead atoms. The fourth-order valence-electron chi connectivity index (χ4n) is 5.05. The van der Waals surface area contributed by atoms with Crippen molar-refractivity contribution in [2.45, 2.75) is 43.8 Å². The van der Waals surface area contributed by atoms with Crippen molar-refractivity contribution in [2.24, 2.45) is 0 Å². The van der Waals surface area contributed by atoms with Crippen molar-refractivity contribution >= 4 is 22.5 Å². The molecule has 0 amide bonds. The van der Waals surface area contributed by atoms with Crippen LogP contribution in [-0.2, 0) is 11.3 Å². The van der Waals surface area contributed by atoms with E-state index >= 15 is 4.39 Å². The molecular formula is C24H25F5N8O2. The van der Waals surface area contributed by atoms with Gasteiger partial charge in [-0.05, 0) is 24.1 Å². The molecule has 6 rings (SSSR count). The summed E-state index contributed by atoms with van der Waals surface area (Å²) in [6, 6.07) is 3.59. The first kappa shape index (κ1) is 25.7. The average Bonchev–Trinajstić information content (AvgIpc) is 3.41. The molecule has 39 heavy (non-hydrogen) atoms. The number of nitrogens with zero attached hydrogens (tertiary/aromatic N) is 7. The summed E-state index contributed by atoms with van der Waals surface area (Å²) < 4.78 is 83.8. The molecular weight excluding hydrogens is 527 g/mol. The highest BCUT2D eigenvalue weighted by Crippen LogP contribution is 2.36. The molecule has 1 atom stereocenters. The van der Waals surface area contributed by atoms with E-state index in [1.165, 1.54) is 16.3 Å². The number of alkyl halides is 4. The van der Waals surface area contributed by atoms with E-state index in [0.29, 0.717) is 36.4 Å². The highest BCUT2D eigenvalue weighted by Gasteiger charge is 2.47. The molecule has 0 radical (unpaired) electrons. The molecule has 2 saturated heterocycles. The zero-order valence-corrected chi connectivity index (χ0v) is 20.8. The molecule has 4 aromatic rings. The summed E-state index contributed by atoms with van der Waals surface area (Å²) in [5.41, 5.74) is 1.58. The molecule has 208 valence electrons. The highest BCUT2D eigenvalue weighted by atomic mass is 19.3. The maximum absolute atomic E-state index is 15.3. The van der Waals surface area contributed by atoms with Crippen molar-refractivity contribution in [1.29, 1.82) is 0 Å². The number of hydrogen-bond acceptors (Lipinski definition) is 8. The topological polar surface area (TPSA) is 94.6 Å². The van der Waals surface area contributed by atoms with Crippen molar-refractivity contribution < 1.29 is 31.4 Å². The van der Waals surface area contributed by atoms with Gasteiger partial charge < -0.3 is 14.8 Å². The van der Waals surface area contributed by atoms with Crippen LogP contribution in [0.15, 0.2) is 24.4 Å². The van der Waals surface area contributed by atoms with Gasteiger partial charge in [0.15, 0.2) is 5.82 Å². The lowest BCUT2D eigenvalue weighted by atomic mass is 9.98. The first-order chi connectivity index (χ1) is 18.7. The normalized spacial score (nSPS) is 20.1. The molecule has 0 spiro atoms. The number of benzene rings is 1. The van der Waals surface area contributed by atoms with E-state index in [1.807, 2.05) is 0 Å². The Morgan fingerprint density at radius 3 is 2.77 bits per heavy atom. The van der Waals surface area contributed by atoms with E-state index in [0.717, 1.165) is 6.20 Å². The van der Waals surface area contributed by atoms with Crippen LogP contribution < -0.4 is 10.1 Å². The lowest BCUT2D eigenvalue weighted by Gasteiger charge is -2.44. The van der Waals surface area contributed by atoms with Crippen molar-refractivity contribution in [3.63, 3.8) is 0 Å². The lowest BCUT2D eigenvalue weighted by molar-refractivity contribution is -0.131. The largest absolute Gasteiger partial charge is 0.479 e. The number of likely N-dealkylation sites (tertiary alicyclic amines) is 1. The first-order valence-corrected chi connectivity index (χ1v) is 12.4. The van der Waals surface area contributed by atoms with Gasteiger partial charge in [-0.1, -0.05) is 11.3 Å². The Hall–Kier alpha value is -3.59. The smallest absolute Gasteiger partial charge is 0.280 e. The number of anilines is 1. The van der Waals surface area contributed by atoms with Gasteiger partial charge in [-0.15, -0.1) is 10.2 Å². The van der Waals surface area contributed by atoms with Gasteiger partial charge in [-0.25, -0.2) is 31.1 Å². The third kappa shape index (κ3) is 4.73. The van der Waals surface area contributed by atoms with Crippen molar-refractivity contribution in [2.75, 3.05) is 38.7 Å². The number of ether oxygens (including phenoxy) is 2. The first-order valence-electron chi connectivity index (χ1n) is 12.4. The minimum absolute atomic E-state index is 0.00346. The molecule has 15 heteroatoms. The fourth-order valence-corrected chi connectivity index (χ4v) is 5.05. The second kappa shape index (κ2) is 9.86. The quantitative estimate of drug-likeness (QED) is 0.332. The number of aromatic nitrogens is 6. The zero-order valence-electron chi connectivity index (χ0n) is 20.8. The van der Waals surface area contributed by atoms with E-state index in [-0.39, 0.29) is 41.9 Å². The van der Waals surface area contributed by atoms with E-state index in [1.54, 1.807) is 23.1 Å². The van der Waals surface area contributed by atoms with Crippen LogP contribution >= 0.6 is 0 Å². The molecule has 1 N–H and O–H groups in total. The van der Waals surface area contributed by atoms with Gasteiger partial charge in [0, 0.05) is 19.5 Å². The van der Waals surface area contributed by atoms with Crippen LogP contribution in [-0.4, -0.2) is 92.3 Å². The molecule has 1 aromatic carbocycles. The molecule has 10 nitrogen and oxygen atoms in total. The number of rotatable bonds is 8. The standard InChI is InChI=1S/C24H25F5N8O2/c1-38-22-21-20(13-2-3-16-17(8-13)36(34-32-16)7-5-19(26)27)15(25)9-37(21)33-23(31-22)30-18-4-6-35(12-24(18,28)29)14-10-39-11-14/h2-3,8-9,14,18-19H,4-7,10-12H2,1H3,(H,30,33). The van der Waals surface area contributed by atoms with Gasteiger partial charge in [0.25, 0.3) is 5.92 Å². The number of hydrogen-bond donors (Lipinski definition) is 1. The Balaban J connectivity index is 1.31. The fraction of sp³-hybridized carbons (Fsp3) is 0.500. The van der Waals surface area contributed by atoms with Crippen LogP contribution in [0.2, 0.25) is 0 Å². The maximum atomic E-state index is 15.3. The Bertz CT molecular complexity index is 1500. The molecule has 5 heterocycles. The van der Waals surface area contributed by atoms with Crippen LogP contribution in [0, 0.1) is 5.82 Å². The number of fused-ring (bicyclic) bond motifs is 2. The molecule has 1 unspecified atom stereocenters. The second-order valence-electron chi connectivity index (χ2n) is 9.69. The predicted octanol–water partition coefficient (Wildman–Crippen LogP) is 3.46. The Morgan fingerprint density at radius 2 is 2.08 bits per heavy atom. The van der Waals surface area contributed by atoms with E-state index < -0.39 is 37.2 Å². The molecule has 2 aliphatic heterocycles. The van der Waals surface area contributed by atoms with Gasteiger partial charge in [0.05, 0.1) is 56.2 Å². The maximum Gasteiger partial charge on any atom is 0.280 e. The van der Waals surface area contributed by atoms with Gasteiger partial charge in [0.2, 0.25) is 18.3 Å². The van der Waals surface area contributed by atoms with Crippen LogP contribution in [0.25, 0.3) is 27.7 Å². The summed E-state index contributed by atoms with van der Waals surface area (Å²) in [6.07, 6.45) is -1.65. The minimum atomic E-state index is -3.05. The monoisotopic (exact) mass is 552 g/mol. The van der Waals surface area contributed by atoms with Crippen molar-refractivity contribution in [3.8, 4) is 17.0 Å². The van der Waals surface area contributed by atoms with Crippen molar-refractivity contribution in [1.82, 2.24) is 34.5 Å². The number of nitrogens with one attached hydrogen (secondary N) is 1. The van der Waals surface area contributed by atoms with Crippen LogP contribution in [0.5, 0.6) is 5.88 Å². The highest BCUT2D eigenvalue weighted by molar-refractivity contribution is 5.89. The van der Waals surface area contributed by atoms with Crippen LogP contribution in [0.4, 0.5) is 27.9 Å². The van der Waals surface area contributed by atoms with Gasteiger partial charge >= 0.3 is 0 Å². The second-order valence-corrected chi connectivity index (χ2v) is 9.69. The van der Waals surface area contributed by atoms with Gasteiger partial charge in [-0.3, -0.25) is 4.90 Å². The van der Waals surface area contributed by atoms with Crippen LogP contribution in [0.3, 0.4) is 0 Å². The number of piperidine rings is 1. The summed E-state index contributed by atoms with van der Waals surface area (Å²) in [4.78, 5) is 5.99. The minimum Gasteiger partial charge on any atom is -0.479 e.